The average molecular weight is 269 g/mol. The van der Waals surface area contributed by atoms with E-state index in [0.29, 0.717) is 32.8 Å². The molecule has 2 saturated heterocycles. The lowest BCUT2D eigenvalue weighted by atomic mass is 9.94. The van der Waals surface area contributed by atoms with Gasteiger partial charge in [0.2, 0.25) is 11.8 Å². The van der Waals surface area contributed by atoms with Gasteiger partial charge in [0.15, 0.2) is 0 Å². The van der Waals surface area contributed by atoms with Crippen LogP contribution in [0.4, 0.5) is 0 Å². The fraction of sp³-hybridized carbons (Fsp3) is 0.846. The van der Waals surface area contributed by atoms with Crippen molar-refractivity contribution in [1.29, 1.82) is 0 Å². The maximum absolute atomic E-state index is 12.3. The van der Waals surface area contributed by atoms with Gasteiger partial charge in [-0.3, -0.25) is 9.59 Å². The number of carbonyl (C=O) groups is 2. The predicted molar refractivity (Wildman–Crippen MR) is 70.3 cm³/mol. The van der Waals surface area contributed by atoms with Crippen LogP contribution in [0.2, 0.25) is 0 Å². The number of hydrogen-bond donors (Lipinski definition) is 2. The Hall–Kier alpha value is -1.14. The highest BCUT2D eigenvalue weighted by Crippen LogP contribution is 2.21. The fourth-order valence-electron chi connectivity index (χ4n) is 2.74. The molecule has 108 valence electrons. The van der Waals surface area contributed by atoms with E-state index in [9.17, 15) is 9.59 Å². The standard InChI is InChI=1S/C13H23N3O3/c1-2-15-12(17)9-3-5-16(6-4-9)13(18)10-7-19-8-11(10)14/h9-11H,2-8,14H2,1H3,(H,15,17). The molecule has 19 heavy (non-hydrogen) atoms. The van der Waals surface area contributed by atoms with Gasteiger partial charge in [-0.05, 0) is 19.8 Å². The van der Waals surface area contributed by atoms with Crippen molar-refractivity contribution in [3.05, 3.63) is 0 Å². The fourth-order valence-corrected chi connectivity index (χ4v) is 2.74. The molecule has 6 nitrogen and oxygen atoms in total. The molecule has 2 unspecified atom stereocenters. The van der Waals surface area contributed by atoms with Gasteiger partial charge < -0.3 is 20.7 Å². The lowest BCUT2D eigenvalue weighted by Gasteiger charge is -2.33. The summed E-state index contributed by atoms with van der Waals surface area (Å²) in [5, 5.41) is 2.84. The maximum Gasteiger partial charge on any atom is 0.229 e. The first kappa shape index (κ1) is 14.3. The van der Waals surface area contributed by atoms with Crippen LogP contribution in [0.5, 0.6) is 0 Å². The van der Waals surface area contributed by atoms with E-state index in [1.807, 2.05) is 11.8 Å². The summed E-state index contributed by atoms with van der Waals surface area (Å²) in [4.78, 5) is 25.8. The number of nitrogens with zero attached hydrogens (tertiary/aromatic N) is 1. The Labute approximate surface area is 113 Å². The predicted octanol–water partition coefficient (Wildman–Crippen LogP) is -0.665. The Balaban J connectivity index is 1.82. The third-order valence-corrected chi connectivity index (χ3v) is 3.97. The highest BCUT2D eigenvalue weighted by atomic mass is 16.5. The lowest BCUT2D eigenvalue weighted by molar-refractivity contribution is -0.139. The van der Waals surface area contributed by atoms with E-state index in [4.69, 9.17) is 10.5 Å². The smallest absolute Gasteiger partial charge is 0.229 e. The molecule has 2 amide bonds. The summed E-state index contributed by atoms with van der Waals surface area (Å²) in [5.41, 5.74) is 5.87. The summed E-state index contributed by atoms with van der Waals surface area (Å²) in [6.45, 7) is 4.75. The van der Waals surface area contributed by atoms with Crippen molar-refractivity contribution in [3.8, 4) is 0 Å². The summed E-state index contributed by atoms with van der Waals surface area (Å²) in [7, 11) is 0. The zero-order valence-corrected chi connectivity index (χ0v) is 11.4. The number of ether oxygens (including phenoxy) is 1. The largest absolute Gasteiger partial charge is 0.379 e. The second-order valence-corrected chi connectivity index (χ2v) is 5.30. The minimum atomic E-state index is -0.207. The summed E-state index contributed by atoms with van der Waals surface area (Å²) < 4.78 is 5.24. The second-order valence-electron chi connectivity index (χ2n) is 5.30. The number of piperidine rings is 1. The minimum Gasteiger partial charge on any atom is -0.379 e. The molecular formula is C13H23N3O3. The van der Waals surface area contributed by atoms with Crippen LogP contribution in [0.1, 0.15) is 19.8 Å². The Morgan fingerprint density at radius 1 is 1.32 bits per heavy atom. The normalized spacial score (nSPS) is 28.4. The van der Waals surface area contributed by atoms with Gasteiger partial charge in [0.25, 0.3) is 0 Å². The van der Waals surface area contributed by atoms with Crippen molar-refractivity contribution in [2.45, 2.75) is 25.8 Å². The molecular weight excluding hydrogens is 246 g/mol. The van der Waals surface area contributed by atoms with Crippen LogP contribution in [0.15, 0.2) is 0 Å². The number of hydrogen-bond acceptors (Lipinski definition) is 4. The number of amides is 2. The van der Waals surface area contributed by atoms with Gasteiger partial charge in [-0.2, -0.15) is 0 Å². The van der Waals surface area contributed by atoms with Crippen molar-refractivity contribution < 1.29 is 14.3 Å². The van der Waals surface area contributed by atoms with Gasteiger partial charge in [0, 0.05) is 31.6 Å². The highest BCUT2D eigenvalue weighted by molar-refractivity contribution is 5.81. The number of nitrogens with two attached hydrogens (primary N) is 1. The van der Waals surface area contributed by atoms with Gasteiger partial charge in [-0.15, -0.1) is 0 Å². The first-order chi connectivity index (χ1) is 9.13. The molecule has 2 heterocycles. The van der Waals surface area contributed by atoms with E-state index < -0.39 is 0 Å². The molecule has 2 rings (SSSR count). The molecule has 0 radical (unpaired) electrons. The van der Waals surface area contributed by atoms with E-state index in [1.54, 1.807) is 0 Å². The van der Waals surface area contributed by atoms with E-state index >= 15 is 0 Å². The van der Waals surface area contributed by atoms with Crippen molar-refractivity contribution >= 4 is 11.8 Å². The van der Waals surface area contributed by atoms with Gasteiger partial charge in [0.05, 0.1) is 19.1 Å². The topological polar surface area (TPSA) is 84.7 Å². The zero-order valence-electron chi connectivity index (χ0n) is 11.4. The molecule has 2 aliphatic heterocycles. The third-order valence-electron chi connectivity index (χ3n) is 3.97. The zero-order chi connectivity index (χ0) is 13.8. The van der Waals surface area contributed by atoms with E-state index in [1.165, 1.54) is 0 Å². The molecule has 3 N–H and O–H groups in total. The van der Waals surface area contributed by atoms with E-state index in [2.05, 4.69) is 5.32 Å². The number of rotatable bonds is 3. The van der Waals surface area contributed by atoms with Crippen molar-refractivity contribution in [2.24, 2.45) is 17.6 Å². The molecule has 0 aliphatic carbocycles. The first-order valence-corrected chi connectivity index (χ1v) is 7.03. The Kier molecular flexibility index (Phi) is 4.76. The van der Waals surface area contributed by atoms with Crippen LogP contribution in [0.3, 0.4) is 0 Å². The van der Waals surface area contributed by atoms with E-state index in [0.717, 1.165) is 12.8 Å². The van der Waals surface area contributed by atoms with Crippen LogP contribution in [0, 0.1) is 11.8 Å². The minimum absolute atomic E-state index is 0.0394. The van der Waals surface area contributed by atoms with Crippen LogP contribution < -0.4 is 11.1 Å². The SMILES string of the molecule is CCNC(=O)C1CCN(C(=O)C2COCC2N)CC1. The Bertz CT molecular complexity index is 340. The third kappa shape index (κ3) is 3.25. The van der Waals surface area contributed by atoms with Gasteiger partial charge in [-0.1, -0.05) is 0 Å². The molecule has 2 aliphatic rings. The summed E-state index contributed by atoms with van der Waals surface area (Å²) in [6.07, 6.45) is 1.47. The summed E-state index contributed by atoms with van der Waals surface area (Å²) in [6, 6.07) is -0.186. The van der Waals surface area contributed by atoms with Crippen LogP contribution in [-0.4, -0.2) is 55.6 Å². The van der Waals surface area contributed by atoms with Crippen molar-refractivity contribution in [1.82, 2.24) is 10.2 Å². The van der Waals surface area contributed by atoms with Crippen LogP contribution in [-0.2, 0) is 14.3 Å². The summed E-state index contributed by atoms with van der Waals surface area (Å²) in [5.74, 6) is 0.0216. The quantitative estimate of drug-likeness (QED) is 0.712. The number of likely N-dealkylation sites (tertiary alicyclic amines) is 1. The second kappa shape index (κ2) is 6.34. The molecule has 6 heteroatoms. The molecule has 0 aromatic carbocycles. The first-order valence-electron chi connectivity index (χ1n) is 7.03. The van der Waals surface area contributed by atoms with Gasteiger partial charge >= 0.3 is 0 Å². The Morgan fingerprint density at radius 2 is 2.00 bits per heavy atom. The molecule has 0 aromatic heterocycles. The maximum atomic E-state index is 12.3. The molecule has 0 bridgehead atoms. The molecule has 2 fully saturated rings. The van der Waals surface area contributed by atoms with E-state index in [-0.39, 0.29) is 29.7 Å². The van der Waals surface area contributed by atoms with Crippen LogP contribution in [0.25, 0.3) is 0 Å². The van der Waals surface area contributed by atoms with Gasteiger partial charge in [-0.25, -0.2) is 0 Å². The molecule has 2 atom stereocenters. The number of nitrogens with one attached hydrogen (secondary N) is 1. The molecule has 0 aromatic rings. The van der Waals surface area contributed by atoms with Crippen molar-refractivity contribution in [2.75, 3.05) is 32.8 Å². The molecule has 0 spiro atoms. The monoisotopic (exact) mass is 269 g/mol. The van der Waals surface area contributed by atoms with Crippen LogP contribution >= 0.6 is 0 Å². The average Bonchev–Trinajstić information content (AvgIpc) is 2.84. The summed E-state index contributed by atoms with van der Waals surface area (Å²) >= 11 is 0. The molecule has 0 saturated carbocycles. The number of carbonyl (C=O) groups excluding carboxylic acids is 2. The highest BCUT2D eigenvalue weighted by Gasteiger charge is 2.36. The lowest BCUT2D eigenvalue weighted by Crippen LogP contribution is -2.48. The van der Waals surface area contributed by atoms with Crippen molar-refractivity contribution in [3.63, 3.8) is 0 Å². The van der Waals surface area contributed by atoms with Gasteiger partial charge in [0.1, 0.15) is 0 Å². The Morgan fingerprint density at radius 3 is 2.53 bits per heavy atom.